The highest BCUT2D eigenvalue weighted by Crippen LogP contribution is 2.26. The van der Waals surface area contributed by atoms with Gasteiger partial charge in [-0.2, -0.15) is 0 Å². The van der Waals surface area contributed by atoms with Gasteiger partial charge in [-0.25, -0.2) is 4.98 Å². The Balaban J connectivity index is 2.12. The van der Waals surface area contributed by atoms with Crippen LogP contribution >= 0.6 is 15.9 Å². The van der Waals surface area contributed by atoms with Gasteiger partial charge in [0.05, 0.1) is 23.0 Å². The summed E-state index contributed by atoms with van der Waals surface area (Å²) in [6.07, 6.45) is 1.49. The lowest BCUT2D eigenvalue weighted by Gasteiger charge is -2.32. The zero-order valence-electron chi connectivity index (χ0n) is 15.4. The second-order valence-corrected chi connectivity index (χ2v) is 7.75. The lowest BCUT2D eigenvalue weighted by Crippen LogP contribution is -2.39. The molecule has 2 aromatic rings. The largest absolute Gasteiger partial charge is 0.390 e. The summed E-state index contributed by atoms with van der Waals surface area (Å²) in [5.41, 5.74) is 0.732. The minimum absolute atomic E-state index is 0.00315. The van der Waals surface area contributed by atoms with Crippen LogP contribution in [0.4, 0.5) is 0 Å². The number of rotatable bonds is 5. The van der Waals surface area contributed by atoms with Gasteiger partial charge in [0, 0.05) is 37.2 Å². The third kappa shape index (κ3) is 4.01. The van der Waals surface area contributed by atoms with Crippen molar-refractivity contribution < 1.29 is 5.11 Å². The number of halogens is 1. The second-order valence-electron chi connectivity index (χ2n) is 6.84. The zero-order valence-corrected chi connectivity index (χ0v) is 17.0. The standard InChI is InChI=1S/C19H27BrN4O2/c1-3-5-17(23-9-8-21-11-14(25)12-23)18-22-16-7-6-13(20)10-15(16)19(26)24(18)4-2/h6-7,10,14,17,21,25H,3-5,8-9,11-12H2,1-2H3/t14-,17-/m0/s1. The van der Waals surface area contributed by atoms with E-state index in [4.69, 9.17) is 4.98 Å². The van der Waals surface area contributed by atoms with Gasteiger partial charge in [0.15, 0.2) is 0 Å². The molecule has 1 saturated heterocycles. The molecule has 1 aliphatic rings. The maximum atomic E-state index is 13.1. The Morgan fingerprint density at radius 1 is 1.42 bits per heavy atom. The van der Waals surface area contributed by atoms with Gasteiger partial charge in [0.2, 0.25) is 0 Å². The van der Waals surface area contributed by atoms with Crippen LogP contribution in [-0.4, -0.2) is 51.8 Å². The molecule has 2 N–H and O–H groups in total. The van der Waals surface area contributed by atoms with E-state index in [0.717, 1.165) is 41.7 Å². The molecule has 0 spiro atoms. The van der Waals surface area contributed by atoms with Crippen LogP contribution in [0.2, 0.25) is 0 Å². The first kappa shape index (κ1) is 19.5. The molecule has 1 aliphatic heterocycles. The van der Waals surface area contributed by atoms with Gasteiger partial charge in [0.25, 0.3) is 5.56 Å². The first-order valence-corrected chi connectivity index (χ1v) is 10.2. The lowest BCUT2D eigenvalue weighted by molar-refractivity contribution is 0.0971. The van der Waals surface area contributed by atoms with E-state index in [-0.39, 0.29) is 11.6 Å². The Morgan fingerprint density at radius 2 is 2.23 bits per heavy atom. The molecule has 0 aliphatic carbocycles. The molecule has 1 fully saturated rings. The van der Waals surface area contributed by atoms with Crippen LogP contribution in [0, 0.1) is 0 Å². The van der Waals surface area contributed by atoms with E-state index in [2.05, 4.69) is 33.1 Å². The number of aliphatic hydroxyl groups is 1. The predicted octanol–water partition coefficient (Wildman–Crippen LogP) is 2.29. The number of hydrogen-bond donors (Lipinski definition) is 2. The molecule has 0 radical (unpaired) electrons. The molecule has 0 unspecified atom stereocenters. The van der Waals surface area contributed by atoms with Crippen LogP contribution in [0.5, 0.6) is 0 Å². The van der Waals surface area contributed by atoms with Crippen molar-refractivity contribution in [2.75, 3.05) is 26.2 Å². The molecule has 142 valence electrons. The fourth-order valence-electron chi connectivity index (χ4n) is 3.72. The van der Waals surface area contributed by atoms with Crippen molar-refractivity contribution in [2.45, 2.75) is 45.4 Å². The smallest absolute Gasteiger partial charge is 0.261 e. The van der Waals surface area contributed by atoms with Crippen LogP contribution in [0.3, 0.4) is 0 Å². The molecule has 26 heavy (non-hydrogen) atoms. The molecule has 2 atom stereocenters. The van der Waals surface area contributed by atoms with Gasteiger partial charge in [-0.15, -0.1) is 0 Å². The summed E-state index contributed by atoms with van der Waals surface area (Å²) < 4.78 is 2.67. The van der Waals surface area contributed by atoms with Crippen LogP contribution in [-0.2, 0) is 6.54 Å². The Morgan fingerprint density at radius 3 is 2.96 bits per heavy atom. The molecule has 6 nitrogen and oxygen atoms in total. The molecule has 2 heterocycles. The summed E-state index contributed by atoms with van der Waals surface area (Å²) in [5.74, 6) is 0.809. The van der Waals surface area contributed by atoms with Crippen molar-refractivity contribution in [3.63, 3.8) is 0 Å². The monoisotopic (exact) mass is 422 g/mol. The van der Waals surface area contributed by atoms with Crippen LogP contribution in [0.1, 0.15) is 38.6 Å². The van der Waals surface area contributed by atoms with Crippen molar-refractivity contribution in [1.82, 2.24) is 19.8 Å². The number of hydrogen-bond acceptors (Lipinski definition) is 5. The normalized spacial score (nSPS) is 20.2. The quantitative estimate of drug-likeness (QED) is 0.773. The minimum atomic E-state index is -0.407. The topological polar surface area (TPSA) is 70.4 Å². The highest BCUT2D eigenvalue weighted by Gasteiger charge is 2.28. The van der Waals surface area contributed by atoms with Crippen LogP contribution in [0.25, 0.3) is 10.9 Å². The number of aliphatic hydroxyl groups excluding tert-OH is 1. The SMILES string of the molecule is CCC[C@@H](c1nc2ccc(Br)cc2c(=O)n1CC)N1CCNC[C@H](O)C1. The molecule has 1 aromatic carbocycles. The summed E-state index contributed by atoms with van der Waals surface area (Å²) in [6.45, 7) is 7.57. The highest BCUT2D eigenvalue weighted by atomic mass is 79.9. The summed E-state index contributed by atoms with van der Waals surface area (Å²) in [4.78, 5) is 20.2. The van der Waals surface area contributed by atoms with Gasteiger partial charge >= 0.3 is 0 Å². The molecular formula is C19H27BrN4O2. The maximum Gasteiger partial charge on any atom is 0.261 e. The van der Waals surface area contributed by atoms with E-state index >= 15 is 0 Å². The van der Waals surface area contributed by atoms with Crippen LogP contribution in [0.15, 0.2) is 27.5 Å². The van der Waals surface area contributed by atoms with Gasteiger partial charge in [0.1, 0.15) is 5.82 Å². The zero-order chi connectivity index (χ0) is 18.7. The van der Waals surface area contributed by atoms with Crippen molar-refractivity contribution in [2.24, 2.45) is 0 Å². The minimum Gasteiger partial charge on any atom is -0.390 e. The summed E-state index contributed by atoms with van der Waals surface area (Å²) in [5, 5.41) is 14.1. The van der Waals surface area contributed by atoms with Gasteiger partial charge in [-0.3, -0.25) is 14.3 Å². The molecule has 7 heteroatoms. The van der Waals surface area contributed by atoms with Gasteiger partial charge < -0.3 is 10.4 Å². The molecule has 1 aromatic heterocycles. The fraction of sp³-hybridized carbons (Fsp3) is 0.579. The number of fused-ring (bicyclic) bond motifs is 1. The van der Waals surface area contributed by atoms with Crippen LogP contribution < -0.4 is 10.9 Å². The molecular weight excluding hydrogens is 396 g/mol. The highest BCUT2D eigenvalue weighted by molar-refractivity contribution is 9.10. The molecule has 0 bridgehead atoms. The van der Waals surface area contributed by atoms with E-state index < -0.39 is 6.10 Å². The summed E-state index contributed by atoms with van der Waals surface area (Å²) >= 11 is 3.44. The Labute approximate surface area is 162 Å². The molecule has 0 amide bonds. The summed E-state index contributed by atoms with van der Waals surface area (Å²) in [6, 6.07) is 5.68. The van der Waals surface area contributed by atoms with Gasteiger partial charge in [-0.1, -0.05) is 29.3 Å². The maximum absolute atomic E-state index is 13.1. The van der Waals surface area contributed by atoms with E-state index in [9.17, 15) is 9.90 Å². The third-order valence-corrected chi connectivity index (χ3v) is 5.46. The van der Waals surface area contributed by atoms with E-state index in [1.54, 1.807) is 4.57 Å². The van der Waals surface area contributed by atoms with Crippen molar-refractivity contribution >= 4 is 26.8 Å². The summed E-state index contributed by atoms with van der Waals surface area (Å²) in [7, 11) is 0. The number of nitrogens with zero attached hydrogens (tertiary/aromatic N) is 3. The first-order valence-electron chi connectivity index (χ1n) is 9.38. The predicted molar refractivity (Wildman–Crippen MR) is 107 cm³/mol. The Kier molecular flexibility index (Phi) is 6.45. The van der Waals surface area contributed by atoms with Crippen molar-refractivity contribution in [1.29, 1.82) is 0 Å². The number of benzene rings is 1. The van der Waals surface area contributed by atoms with E-state index in [1.807, 2.05) is 25.1 Å². The second kappa shape index (κ2) is 8.61. The lowest BCUT2D eigenvalue weighted by atomic mass is 10.1. The number of aromatic nitrogens is 2. The van der Waals surface area contributed by atoms with Crippen molar-refractivity contribution in [3.8, 4) is 0 Å². The van der Waals surface area contributed by atoms with E-state index in [0.29, 0.717) is 25.0 Å². The van der Waals surface area contributed by atoms with Gasteiger partial charge in [-0.05, 0) is 31.5 Å². The average molecular weight is 423 g/mol. The third-order valence-electron chi connectivity index (χ3n) is 4.96. The molecule has 3 rings (SSSR count). The first-order chi connectivity index (χ1) is 12.5. The Hall–Kier alpha value is -1.28. The Bertz CT molecular complexity index is 823. The van der Waals surface area contributed by atoms with E-state index in [1.165, 1.54) is 0 Å². The number of nitrogens with one attached hydrogen (secondary N) is 1. The molecule has 0 saturated carbocycles. The fourth-order valence-corrected chi connectivity index (χ4v) is 4.08. The van der Waals surface area contributed by atoms with Crippen molar-refractivity contribution in [3.05, 3.63) is 38.9 Å². The number of β-amino-alcohol motifs (C(OH)–C–C–N with tert-alkyl or cyclic N) is 1. The average Bonchev–Trinajstić information content (AvgIpc) is 2.84.